The van der Waals surface area contributed by atoms with Gasteiger partial charge in [-0.2, -0.15) is 5.10 Å². The SMILES string of the molecule is CC/N=C(/c1ccc(OC)c(OC)c1)N1CCc2cc(C3=NNC(=O)SC3(C)C)ccc21. The van der Waals surface area contributed by atoms with Crippen LogP contribution < -0.4 is 19.8 Å². The molecule has 8 heteroatoms. The first-order chi connectivity index (χ1) is 15.4. The first-order valence-electron chi connectivity index (χ1n) is 10.6. The second-order valence-electron chi connectivity index (χ2n) is 8.08. The van der Waals surface area contributed by atoms with E-state index in [0.29, 0.717) is 18.0 Å². The molecule has 0 saturated heterocycles. The van der Waals surface area contributed by atoms with E-state index in [1.165, 1.54) is 17.3 Å². The van der Waals surface area contributed by atoms with E-state index < -0.39 is 0 Å². The fourth-order valence-electron chi connectivity index (χ4n) is 4.18. The lowest BCUT2D eigenvalue weighted by Crippen LogP contribution is -2.38. The summed E-state index contributed by atoms with van der Waals surface area (Å²) in [5, 5.41) is 4.24. The number of hydrogen-bond acceptors (Lipinski definition) is 6. The maximum atomic E-state index is 11.8. The van der Waals surface area contributed by atoms with Crippen molar-refractivity contribution in [3.8, 4) is 11.5 Å². The minimum Gasteiger partial charge on any atom is -0.493 e. The predicted molar refractivity (Wildman–Crippen MR) is 131 cm³/mol. The Hall–Kier alpha value is -3.00. The summed E-state index contributed by atoms with van der Waals surface area (Å²) in [6, 6.07) is 12.3. The summed E-state index contributed by atoms with van der Waals surface area (Å²) in [5.41, 5.74) is 7.88. The number of rotatable bonds is 5. The summed E-state index contributed by atoms with van der Waals surface area (Å²) in [6.45, 7) is 7.61. The molecule has 2 aromatic carbocycles. The number of carbonyl (C=O) groups is 1. The van der Waals surface area contributed by atoms with Gasteiger partial charge in [0.2, 0.25) is 0 Å². The van der Waals surface area contributed by atoms with Gasteiger partial charge in [-0.15, -0.1) is 0 Å². The molecule has 0 atom stereocenters. The van der Waals surface area contributed by atoms with Gasteiger partial charge in [-0.3, -0.25) is 9.79 Å². The largest absolute Gasteiger partial charge is 0.493 e. The number of amidine groups is 1. The van der Waals surface area contributed by atoms with Crippen LogP contribution >= 0.6 is 11.8 Å². The number of methoxy groups -OCH3 is 2. The van der Waals surface area contributed by atoms with Gasteiger partial charge in [0.05, 0.1) is 24.7 Å². The maximum absolute atomic E-state index is 11.8. The van der Waals surface area contributed by atoms with Crippen LogP contribution in [0.2, 0.25) is 0 Å². The van der Waals surface area contributed by atoms with E-state index in [-0.39, 0.29) is 9.99 Å². The van der Waals surface area contributed by atoms with E-state index in [1.807, 2.05) is 39.0 Å². The number of nitrogens with one attached hydrogen (secondary N) is 1. The molecular weight excluding hydrogens is 424 g/mol. The van der Waals surface area contributed by atoms with E-state index >= 15 is 0 Å². The van der Waals surface area contributed by atoms with E-state index in [4.69, 9.17) is 14.5 Å². The lowest BCUT2D eigenvalue weighted by Gasteiger charge is -2.29. The van der Waals surface area contributed by atoms with Crippen LogP contribution in [-0.2, 0) is 6.42 Å². The Morgan fingerprint density at radius 3 is 2.66 bits per heavy atom. The molecule has 0 fully saturated rings. The number of thioether (sulfide) groups is 1. The van der Waals surface area contributed by atoms with Crippen molar-refractivity contribution >= 4 is 34.2 Å². The van der Waals surface area contributed by atoms with Gasteiger partial charge in [-0.25, -0.2) is 5.43 Å². The fourth-order valence-corrected chi connectivity index (χ4v) is 4.99. The highest BCUT2D eigenvalue weighted by Gasteiger charge is 2.35. The molecule has 2 heterocycles. The van der Waals surface area contributed by atoms with Crippen molar-refractivity contribution in [2.45, 2.75) is 31.9 Å². The standard InChI is InChI=1S/C24H28N4O3S/c1-6-25-22(17-8-10-19(30-4)20(14-17)31-5)28-12-11-15-13-16(7-9-18(15)28)21-24(2,3)32-23(29)27-26-21/h7-10,13-14H,6,11-12H2,1-5H3,(H,27,29)/b25-22-. The first-order valence-corrected chi connectivity index (χ1v) is 11.4. The van der Waals surface area contributed by atoms with Gasteiger partial charge in [0.1, 0.15) is 5.84 Å². The predicted octanol–water partition coefficient (Wildman–Crippen LogP) is 4.47. The van der Waals surface area contributed by atoms with E-state index in [1.54, 1.807) is 14.2 Å². The van der Waals surface area contributed by atoms with Gasteiger partial charge >= 0.3 is 0 Å². The number of anilines is 1. The molecule has 0 saturated carbocycles. The second-order valence-corrected chi connectivity index (χ2v) is 9.68. The number of hydrazone groups is 1. The molecule has 0 aliphatic carbocycles. The van der Waals surface area contributed by atoms with Crippen LogP contribution in [0.15, 0.2) is 46.5 Å². The van der Waals surface area contributed by atoms with Crippen molar-refractivity contribution in [3.63, 3.8) is 0 Å². The highest BCUT2D eigenvalue weighted by Crippen LogP contribution is 2.36. The molecule has 0 unspecified atom stereocenters. The Kier molecular flexibility index (Phi) is 6.15. The first kappa shape index (κ1) is 22.2. The Bertz CT molecular complexity index is 1110. The van der Waals surface area contributed by atoms with Crippen molar-refractivity contribution in [2.75, 3.05) is 32.2 Å². The lowest BCUT2D eigenvalue weighted by molar-refractivity contribution is 0.260. The number of carbonyl (C=O) groups excluding carboxylic acids is 1. The number of benzene rings is 2. The minimum absolute atomic E-state index is 0.124. The molecule has 32 heavy (non-hydrogen) atoms. The number of aliphatic imine (C=N–C) groups is 1. The smallest absolute Gasteiger partial charge is 0.300 e. The van der Waals surface area contributed by atoms with Gasteiger partial charge in [0.25, 0.3) is 5.24 Å². The molecule has 4 rings (SSSR count). The second kappa shape index (κ2) is 8.86. The average molecular weight is 453 g/mol. The average Bonchev–Trinajstić information content (AvgIpc) is 3.19. The lowest BCUT2D eigenvalue weighted by atomic mass is 9.96. The maximum Gasteiger partial charge on any atom is 0.300 e. The molecule has 1 amide bonds. The van der Waals surface area contributed by atoms with Crippen LogP contribution in [0.4, 0.5) is 10.5 Å². The summed E-state index contributed by atoms with van der Waals surface area (Å²) in [7, 11) is 3.27. The molecule has 0 spiro atoms. The molecular formula is C24H28N4O3S. The fraction of sp³-hybridized carbons (Fsp3) is 0.375. The van der Waals surface area contributed by atoms with E-state index in [2.05, 4.69) is 33.6 Å². The van der Waals surface area contributed by atoms with Crippen LogP contribution in [0.5, 0.6) is 11.5 Å². The minimum atomic E-state index is -0.386. The third-order valence-corrected chi connectivity index (χ3v) is 6.61. The molecule has 2 aliphatic rings. The Morgan fingerprint density at radius 1 is 1.19 bits per heavy atom. The third-order valence-electron chi connectivity index (χ3n) is 5.63. The highest BCUT2D eigenvalue weighted by molar-refractivity contribution is 8.15. The number of nitrogens with zero attached hydrogens (tertiary/aromatic N) is 3. The van der Waals surface area contributed by atoms with Crippen LogP contribution in [0, 0.1) is 0 Å². The number of amides is 1. The zero-order valence-electron chi connectivity index (χ0n) is 19.1. The van der Waals surface area contributed by atoms with Gasteiger partial charge in [-0.05, 0) is 68.7 Å². The molecule has 168 valence electrons. The van der Waals surface area contributed by atoms with Crippen molar-refractivity contribution < 1.29 is 14.3 Å². The monoisotopic (exact) mass is 452 g/mol. The van der Waals surface area contributed by atoms with E-state index in [0.717, 1.165) is 41.3 Å². The summed E-state index contributed by atoms with van der Waals surface area (Å²) in [6.07, 6.45) is 0.909. The third kappa shape index (κ3) is 4.07. The van der Waals surface area contributed by atoms with E-state index in [9.17, 15) is 4.79 Å². The topological polar surface area (TPSA) is 75.5 Å². The van der Waals surface area contributed by atoms with Crippen LogP contribution in [-0.4, -0.2) is 48.8 Å². The Labute approximate surface area is 192 Å². The molecule has 0 radical (unpaired) electrons. The molecule has 0 aromatic heterocycles. The molecule has 7 nitrogen and oxygen atoms in total. The van der Waals surface area contributed by atoms with Crippen LogP contribution in [0.25, 0.3) is 0 Å². The van der Waals surface area contributed by atoms with Crippen molar-refractivity contribution in [1.29, 1.82) is 0 Å². The van der Waals surface area contributed by atoms with Crippen molar-refractivity contribution in [1.82, 2.24) is 5.43 Å². The summed E-state index contributed by atoms with van der Waals surface area (Å²) >= 11 is 1.26. The zero-order chi connectivity index (χ0) is 22.9. The number of ether oxygens (including phenoxy) is 2. The van der Waals surface area contributed by atoms with Crippen molar-refractivity contribution in [2.24, 2.45) is 10.1 Å². The number of fused-ring (bicyclic) bond motifs is 1. The normalized spacial score (nSPS) is 17.5. The highest BCUT2D eigenvalue weighted by atomic mass is 32.2. The Balaban J connectivity index is 1.69. The van der Waals surface area contributed by atoms with Gasteiger partial charge in [-0.1, -0.05) is 17.8 Å². The molecule has 0 bridgehead atoms. The Morgan fingerprint density at radius 2 is 1.97 bits per heavy atom. The summed E-state index contributed by atoms with van der Waals surface area (Å²) < 4.78 is 10.5. The quantitative estimate of drug-likeness (QED) is 0.535. The summed E-state index contributed by atoms with van der Waals surface area (Å²) in [4.78, 5) is 18.8. The van der Waals surface area contributed by atoms with Crippen LogP contribution in [0.3, 0.4) is 0 Å². The molecule has 2 aliphatic heterocycles. The van der Waals surface area contributed by atoms with Gasteiger partial charge < -0.3 is 14.4 Å². The van der Waals surface area contributed by atoms with Crippen LogP contribution in [0.1, 0.15) is 37.5 Å². The summed E-state index contributed by atoms with van der Waals surface area (Å²) in [5.74, 6) is 2.29. The van der Waals surface area contributed by atoms with Crippen molar-refractivity contribution in [3.05, 3.63) is 53.1 Å². The molecule has 1 N–H and O–H groups in total. The zero-order valence-corrected chi connectivity index (χ0v) is 19.9. The molecule has 2 aromatic rings. The number of hydrogen-bond donors (Lipinski definition) is 1. The van der Waals surface area contributed by atoms with Gasteiger partial charge in [0.15, 0.2) is 11.5 Å². The van der Waals surface area contributed by atoms with Gasteiger partial charge in [0, 0.05) is 24.3 Å².